The number of rotatable bonds is 6. The lowest BCUT2D eigenvalue weighted by Crippen LogP contribution is -2.45. The molecular weight excluding hydrogens is 454 g/mol. The van der Waals surface area contributed by atoms with Crippen LogP contribution in [0.25, 0.3) is 10.9 Å². The van der Waals surface area contributed by atoms with Crippen molar-refractivity contribution in [1.29, 1.82) is 0 Å². The molecule has 2 fully saturated rings. The summed E-state index contributed by atoms with van der Waals surface area (Å²) in [4.78, 5) is 12.3. The molecule has 4 N–H and O–H groups in total. The van der Waals surface area contributed by atoms with Crippen molar-refractivity contribution in [3.8, 4) is 0 Å². The maximum atomic E-state index is 14.1. The molecule has 0 radical (unpaired) electrons. The number of nitrogens with zero attached hydrogens (tertiary/aromatic N) is 4. The monoisotopic (exact) mass is 477 g/mol. The molecule has 2 aromatic heterocycles. The summed E-state index contributed by atoms with van der Waals surface area (Å²) in [5, 5.41) is 11.1. The smallest absolute Gasteiger partial charge is 0.280 e. The van der Waals surface area contributed by atoms with E-state index in [4.69, 9.17) is 5.14 Å². The van der Waals surface area contributed by atoms with E-state index in [2.05, 4.69) is 25.6 Å². The van der Waals surface area contributed by atoms with E-state index in [1.54, 1.807) is 0 Å². The lowest BCUT2D eigenvalue weighted by molar-refractivity contribution is -0.000663. The summed E-state index contributed by atoms with van der Waals surface area (Å²) in [5.41, 5.74) is -0.405. The average molecular weight is 477 g/mol. The highest BCUT2D eigenvalue weighted by Crippen LogP contribution is 2.38. The van der Waals surface area contributed by atoms with Crippen LogP contribution in [0.2, 0.25) is 0 Å². The van der Waals surface area contributed by atoms with Crippen molar-refractivity contribution in [3.05, 3.63) is 18.0 Å². The second-order valence-corrected chi connectivity index (χ2v) is 9.59. The summed E-state index contributed by atoms with van der Waals surface area (Å²) in [6.07, 6.45) is -0.416. The first kappa shape index (κ1) is 22.9. The van der Waals surface area contributed by atoms with Crippen molar-refractivity contribution in [2.24, 2.45) is 5.14 Å². The van der Waals surface area contributed by atoms with Crippen LogP contribution in [0.1, 0.15) is 44.2 Å². The molecule has 32 heavy (non-hydrogen) atoms. The number of anilines is 2. The summed E-state index contributed by atoms with van der Waals surface area (Å²) in [7, 11) is -3.75. The standard InChI is InChI=1S/C18H23F4N7O2S/c19-15(20)12-8-10-9-24-17(25-11-3-6-29(7-4-11)32(23,30)31)28-14(10)16(26-12)27-13-2-1-5-18(13,21)22/h8-9,11,13,15H,1-7H2,(H,26,27)(H2,23,30,31)(H,24,25,28)/t13-/m1/s1. The molecule has 1 saturated heterocycles. The first-order valence-electron chi connectivity index (χ1n) is 10.2. The van der Waals surface area contributed by atoms with Crippen LogP contribution < -0.4 is 15.8 Å². The van der Waals surface area contributed by atoms with E-state index in [1.807, 2.05) is 0 Å². The van der Waals surface area contributed by atoms with E-state index in [0.717, 1.165) is 6.07 Å². The Hall–Kier alpha value is -2.32. The lowest BCUT2D eigenvalue weighted by atomic mass is 10.1. The van der Waals surface area contributed by atoms with Gasteiger partial charge in [0, 0.05) is 37.1 Å². The van der Waals surface area contributed by atoms with Gasteiger partial charge in [0.15, 0.2) is 5.82 Å². The third-order valence-corrected chi connectivity index (χ3v) is 6.86. The van der Waals surface area contributed by atoms with Crippen molar-refractivity contribution >= 4 is 32.9 Å². The van der Waals surface area contributed by atoms with Gasteiger partial charge in [0.05, 0.1) is 6.04 Å². The van der Waals surface area contributed by atoms with Crippen LogP contribution in [0.15, 0.2) is 12.3 Å². The summed E-state index contributed by atoms with van der Waals surface area (Å²) in [6, 6.07) is -0.235. The Balaban J connectivity index is 1.59. The molecule has 1 atom stereocenters. The van der Waals surface area contributed by atoms with Crippen LogP contribution in [0.4, 0.5) is 29.3 Å². The molecule has 0 amide bonds. The number of nitrogens with one attached hydrogen (secondary N) is 2. The second-order valence-electron chi connectivity index (χ2n) is 8.04. The predicted molar refractivity (Wildman–Crippen MR) is 110 cm³/mol. The van der Waals surface area contributed by atoms with Crippen molar-refractivity contribution in [3.63, 3.8) is 0 Å². The number of piperidine rings is 1. The zero-order chi connectivity index (χ0) is 23.1. The SMILES string of the molecule is NS(=O)(=O)N1CCC(Nc2ncc3cc(C(F)F)nc(N[C@@H]4CCCC4(F)F)c3n2)CC1. The van der Waals surface area contributed by atoms with Crippen molar-refractivity contribution in [2.75, 3.05) is 23.7 Å². The van der Waals surface area contributed by atoms with E-state index in [-0.39, 0.29) is 54.6 Å². The summed E-state index contributed by atoms with van der Waals surface area (Å²) >= 11 is 0. The molecule has 2 aromatic rings. The van der Waals surface area contributed by atoms with E-state index in [9.17, 15) is 26.0 Å². The Morgan fingerprint density at radius 1 is 1.16 bits per heavy atom. The van der Waals surface area contributed by atoms with Crippen molar-refractivity contribution in [1.82, 2.24) is 19.3 Å². The van der Waals surface area contributed by atoms with Crippen LogP contribution in [0, 0.1) is 0 Å². The highest BCUT2D eigenvalue weighted by Gasteiger charge is 2.44. The van der Waals surface area contributed by atoms with Crippen LogP contribution in [0.5, 0.6) is 0 Å². The van der Waals surface area contributed by atoms with E-state index in [0.29, 0.717) is 19.3 Å². The zero-order valence-electron chi connectivity index (χ0n) is 16.9. The number of alkyl halides is 4. The van der Waals surface area contributed by atoms with Gasteiger partial charge < -0.3 is 10.6 Å². The Labute approximate surface area is 182 Å². The molecule has 176 valence electrons. The topological polar surface area (TPSA) is 126 Å². The van der Waals surface area contributed by atoms with Gasteiger partial charge in [0.25, 0.3) is 22.6 Å². The number of nitrogens with two attached hydrogens (primary N) is 1. The number of fused-ring (bicyclic) bond motifs is 1. The third-order valence-electron chi connectivity index (χ3n) is 5.78. The fraction of sp³-hybridized carbons (Fsp3) is 0.611. The van der Waals surface area contributed by atoms with Gasteiger partial charge in [-0.15, -0.1) is 0 Å². The Bertz CT molecular complexity index is 1090. The molecule has 3 heterocycles. The third kappa shape index (κ3) is 4.86. The van der Waals surface area contributed by atoms with Crippen LogP contribution >= 0.6 is 0 Å². The lowest BCUT2D eigenvalue weighted by Gasteiger charge is -2.30. The maximum absolute atomic E-state index is 14.1. The number of halogens is 4. The molecule has 0 aromatic carbocycles. The highest BCUT2D eigenvalue weighted by molar-refractivity contribution is 7.86. The molecule has 4 rings (SSSR count). The summed E-state index contributed by atoms with van der Waals surface area (Å²) in [6.45, 7) is 0.458. The first-order valence-corrected chi connectivity index (χ1v) is 11.7. The van der Waals surface area contributed by atoms with Gasteiger partial charge in [-0.25, -0.2) is 37.7 Å². The number of aromatic nitrogens is 3. The minimum Gasteiger partial charge on any atom is -0.359 e. The van der Waals surface area contributed by atoms with Gasteiger partial charge in [-0.05, 0) is 31.7 Å². The highest BCUT2D eigenvalue weighted by atomic mass is 32.2. The molecule has 1 saturated carbocycles. The normalized spacial score (nSPS) is 22.5. The van der Waals surface area contributed by atoms with E-state index >= 15 is 0 Å². The van der Waals surface area contributed by atoms with Gasteiger partial charge in [0.2, 0.25) is 5.95 Å². The minimum absolute atomic E-state index is 0.140. The molecule has 1 aliphatic carbocycles. The fourth-order valence-electron chi connectivity index (χ4n) is 4.05. The first-order chi connectivity index (χ1) is 15.0. The number of hydrogen-bond acceptors (Lipinski definition) is 7. The Morgan fingerprint density at radius 3 is 2.47 bits per heavy atom. The largest absolute Gasteiger partial charge is 0.359 e. The van der Waals surface area contributed by atoms with Crippen LogP contribution in [-0.4, -0.2) is 58.8 Å². The molecule has 1 aliphatic heterocycles. The minimum atomic E-state index is -3.75. The molecule has 14 heteroatoms. The average Bonchev–Trinajstić information content (AvgIpc) is 3.05. The molecular formula is C18H23F4N7O2S. The van der Waals surface area contributed by atoms with E-state index < -0.39 is 34.3 Å². The van der Waals surface area contributed by atoms with Crippen LogP contribution in [-0.2, 0) is 10.2 Å². The number of pyridine rings is 1. The van der Waals surface area contributed by atoms with Gasteiger partial charge in [-0.1, -0.05) is 0 Å². The maximum Gasteiger partial charge on any atom is 0.280 e. The summed E-state index contributed by atoms with van der Waals surface area (Å²) < 4.78 is 78.9. The molecule has 2 aliphatic rings. The Kier molecular flexibility index (Phi) is 6.11. The van der Waals surface area contributed by atoms with Gasteiger partial charge in [-0.3, -0.25) is 0 Å². The molecule has 0 bridgehead atoms. The molecule has 0 spiro atoms. The van der Waals surface area contributed by atoms with Gasteiger partial charge in [0.1, 0.15) is 11.2 Å². The van der Waals surface area contributed by atoms with Crippen molar-refractivity contribution < 1.29 is 26.0 Å². The second kappa shape index (κ2) is 8.56. The van der Waals surface area contributed by atoms with Crippen LogP contribution in [0.3, 0.4) is 0 Å². The van der Waals surface area contributed by atoms with Gasteiger partial charge >= 0.3 is 0 Å². The number of hydrogen-bond donors (Lipinski definition) is 3. The van der Waals surface area contributed by atoms with E-state index in [1.165, 1.54) is 10.5 Å². The molecule has 0 unspecified atom stereocenters. The predicted octanol–water partition coefficient (Wildman–Crippen LogP) is 2.64. The fourth-order valence-corrected chi connectivity index (χ4v) is 4.77. The summed E-state index contributed by atoms with van der Waals surface area (Å²) in [5.74, 6) is -2.95. The molecule has 9 nitrogen and oxygen atoms in total. The van der Waals surface area contributed by atoms with Gasteiger partial charge in [-0.2, -0.15) is 12.7 Å². The quantitative estimate of drug-likeness (QED) is 0.546. The Morgan fingerprint density at radius 2 is 1.88 bits per heavy atom. The zero-order valence-corrected chi connectivity index (χ0v) is 17.8. The van der Waals surface area contributed by atoms with Crippen molar-refractivity contribution in [2.45, 2.75) is 56.5 Å².